The zero-order valence-electron chi connectivity index (χ0n) is 31.4. The minimum absolute atomic E-state index is 0.0807. The lowest BCUT2D eigenvalue weighted by Gasteiger charge is -2.31. The van der Waals surface area contributed by atoms with Gasteiger partial charge in [0.15, 0.2) is 17.3 Å². The summed E-state index contributed by atoms with van der Waals surface area (Å²) < 4.78 is 47.0. The van der Waals surface area contributed by atoms with Crippen molar-refractivity contribution in [2.24, 2.45) is 0 Å². The number of benzene rings is 3. The zero-order valence-corrected chi connectivity index (χ0v) is 32.1. The molecule has 0 spiro atoms. The van der Waals surface area contributed by atoms with E-state index in [9.17, 15) is 18.8 Å². The Labute approximate surface area is 330 Å². The topological polar surface area (TPSA) is 134 Å². The summed E-state index contributed by atoms with van der Waals surface area (Å²) in [6.07, 6.45) is 0.346. The minimum Gasteiger partial charge on any atom is -0.489 e. The lowest BCUT2D eigenvalue weighted by atomic mass is 10.0. The average molecular weight is 793 g/mol. The summed E-state index contributed by atoms with van der Waals surface area (Å²) in [6.45, 7) is 7.63. The summed E-state index contributed by atoms with van der Waals surface area (Å²) >= 11 is 5.98. The lowest BCUT2D eigenvalue weighted by molar-refractivity contribution is -0.161. The van der Waals surface area contributed by atoms with Crippen LogP contribution in [0, 0.1) is 11.6 Å². The maximum atomic E-state index is 15.7. The zero-order chi connectivity index (χ0) is 40.3. The molecule has 0 unspecified atom stereocenters. The summed E-state index contributed by atoms with van der Waals surface area (Å²) in [5.41, 5.74) is 4.76. The molecule has 0 aliphatic heterocycles. The maximum absolute atomic E-state index is 15.7. The van der Waals surface area contributed by atoms with Gasteiger partial charge in [0.2, 0.25) is 11.8 Å². The Balaban J connectivity index is 1.58. The molecule has 15 heteroatoms. The SMILES string of the molecule is C=CCN(CC(=O)N[C@@H](Cc1ccc(OCc2ccccc2)cc1F)C(=O)N(Cc1ccc(F)c(Cl)n1)CC(OCC)OCC)NC(=O)NCc1ccccc1. The Morgan fingerprint density at radius 1 is 0.911 bits per heavy atom. The molecule has 4 aromatic rings. The van der Waals surface area contributed by atoms with Crippen molar-refractivity contribution in [2.75, 3.05) is 32.8 Å². The van der Waals surface area contributed by atoms with Gasteiger partial charge in [-0.05, 0) is 48.7 Å². The van der Waals surface area contributed by atoms with Crippen LogP contribution in [0.4, 0.5) is 13.6 Å². The quantitative estimate of drug-likeness (QED) is 0.0385. The Morgan fingerprint density at radius 2 is 1.59 bits per heavy atom. The molecule has 3 N–H and O–H groups in total. The standard InChI is InChI=1S/C41H47ClF2N6O6/c1-4-21-50(48-41(53)45-24-29-13-9-7-10-14-29)26-37(51)47-36(22-31-17-19-33(23-35(31)44)56-28-30-15-11-8-12-16-30)40(52)49(27-38(54-5-2)55-6-3)25-32-18-20-34(43)39(42)46-32/h4,7-20,23,36,38H,1,5-6,21-22,24-28H2,2-3H3,(H,47,51)(H2,45,48,53)/t36-/m0/s1. The number of hydrazine groups is 1. The van der Waals surface area contributed by atoms with E-state index in [2.05, 4.69) is 27.6 Å². The number of hydrogen-bond acceptors (Lipinski definition) is 8. The Bertz CT molecular complexity index is 1870. The van der Waals surface area contributed by atoms with Gasteiger partial charge in [-0.2, -0.15) is 0 Å². The number of amides is 4. The number of carbonyl (C=O) groups excluding carboxylic acids is 3. The van der Waals surface area contributed by atoms with Gasteiger partial charge in [-0.1, -0.05) is 84.4 Å². The van der Waals surface area contributed by atoms with Gasteiger partial charge in [0.05, 0.1) is 25.3 Å². The molecule has 1 aromatic heterocycles. The first-order valence-electron chi connectivity index (χ1n) is 18.1. The smallest absolute Gasteiger partial charge is 0.329 e. The Hall–Kier alpha value is -5.41. The van der Waals surface area contributed by atoms with Gasteiger partial charge in [0.1, 0.15) is 24.2 Å². The fraction of sp³-hybridized carbons (Fsp3) is 0.317. The normalized spacial score (nSPS) is 11.6. The number of carbonyl (C=O) groups is 3. The molecular formula is C41H47ClF2N6O6. The lowest BCUT2D eigenvalue weighted by Crippen LogP contribution is -2.55. The van der Waals surface area contributed by atoms with Crippen molar-refractivity contribution in [1.82, 2.24) is 31.0 Å². The van der Waals surface area contributed by atoms with Crippen LogP contribution in [0.15, 0.2) is 104 Å². The van der Waals surface area contributed by atoms with E-state index in [0.29, 0.717) is 0 Å². The third kappa shape index (κ3) is 14.3. The molecule has 0 saturated carbocycles. The minimum atomic E-state index is -1.34. The molecular weight excluding hydrogens is 746 g/mol. The molecule has 4 rings (SSSR count). The third-order valence-electron chi connectivity index (χ3n) is 8.17. The summed E-state index contributed by atoms with van der Waals surface area (Å²) in [7, 11) is 0. The van der Waals surface area contributed by atoms with Crippen molar-refractivity contribution < 1.29 is 37.4 Å². The number of pyridine rings is 1. The average Bonchev–Trinajstić information content (AvgIpc) is 3.18. The molecule has 0 aliphatic carbocycles. The van der Waals surface area contributed by atoms with Crippen LogP contribution in [-0.2, 0) is 45.2 Å². The second-order valence-corrected chi connectivity index (χ2v) is 12.8. The molecule has 0 aliphatic rings. The number of urea groups is 1. The number of hydrogen-bond donors (Lipinski definition) is 3. The highest BCUT2D eigenvalue weighted by molar-refractivity contribution is 6.29. The van der Waals surface area contributed by atoms with Crippen LogP contribution >= 0.6 is 11.6 Å². The number of nitrogens with zero attached hydrogens (tertiary/aromatic N) is 3. The molecule has 1 heterocycles. The number of nitrogens with one attached hydrogen (secondary N) is 3. The van der Waals surface area contributed by atoms with Gasteiger partial charge in [-0.3, -0.25) is 15.0 Å². The number of halogens is 3. The number of aromatic nitrogens is 1. The van der Waals surface area contributed by atoms with E-state index in [-0.39, 0.29) is 81.1 Å². The van der Waals surface area contributed by atoms with Gasteiger partial charge >= 0.3 is 6.03 Å². The molecule has 0 fully saturated rings. The van der Waals surface area contributed by atoms with Gasteiger partial charge in [0.25, 0.3) is 0 Å². The summed E-state index contributed by atoms with van der Waals surface area (Å²) in [5, 5.41) is 6.39. The molecule has 1 atom stereocenters. The van der Waals surface area contributed by atoms with E-state index in [1.54, 1.807) is 19.9 Å². The summed E-state index contributed by atoms with van der Waals surface area (Å²) in [6, 6.07) is 23.5. The predicted molar refractivity (Wildman–Crippen MR) is 208 cm³/mol. The molecule has 4 amide bonds. The molecule has 0 saturated heterocycles. The van der Waals surface area contributed by atoms with Gasteiger partial charge in [-0.25, -0.2) is 23.6 Å². The molecule has 3 aromatic carbocycles. The molecule has 0 bridgehead atoms. The van der Waals surface area contributed by atoms with Crippen LogP contribution < -0.4 is 20.8 Å². The first-order valence-corrected chi connectivity index (χ1v) is 18.5. The van der Waals surface area contributed by atoms with Crippen molar-refractivity contribution in [3.8, 4) is 5.75 Å². The van der Waals surface area contributed by atoms with E-state index < -0.39 is 41.8 Å². The third-order valence-corrected chi connectivity index (χ3v) is 8.43. The second-order valence-electron chi connectivity index (χ2n) is 12.4. The second kappa shape index (κ2) is 22.8. The highest BCUT2D eigenvalue weighted by Crippen LogP contribution is 2.21. The Kier molecular flexibility index (Phi) is 17.7. The van der Waals surface area contributed by atoms with Gasteiger partial charge in [-0.15, -0.1) is 6.58 Å². The predicted octanol–water partition coefficient (Wildman–Crippen LogP) is 5.95. The first kappa shape index (κ1) is 43.3. The van der Waals surface area contributed by atoms with Crippen LogP contribution in [-0.4, -0.2) is 77.9 Å². The first-order chi connectivity index (χ1) is 27.1. The number of ether oxygens (including phenoxy) is 3. The highest BCUT2D eigenvalue weighted by atomic mass is 35.5. The van der Waals surface area contributed by atoms with E-state index in [0.717, 1.165) is 17.2 Å². The van der Waals surface area contributed by atoms with Gasteiger partial charge in [0, 0.05) is 38.8 Å². The van der Waals surface area contributed by atoms with Crippen molar-refractivity contribution in [2.45, 2.75) is 52.3 Å². The van der Waals surface area contributed by atoms with Gasteiger partial charge < -0.3 is 29.7 Å². The molecule has 298 valence electrons. The molecule has 0 radical (unpaired) electrons. The largest absolute Gasteiger partial charge is 0.489 e. The summed E-state index contributed by atoms with van der Waals surface area (Å²) in [5.74, 6) is -2.43. The van der Waals surface area contributed by atoms with E-state index in [1.165, 1.54) is 34.2 Å². The van der Waals surface area contributed by atoms with Crippen LogP contribution in [0.1, 0.15) is 36.2 Å². The molecule has 56 heavy (non-hydrogen) atoms. The van der Waals surface area contributed by atoms with Crippen molar-refractivity contribution in [3.63, 3.8) is 0 Å². The Morgan fingerprint density at radius 3 is 2.21 bits per heavy atom. The van der Waals surface area contributed by atoms with E-state index in [4.69, 9.17) is 25.8 Å². The van der Waals surface area contributed by atoms with Crippen LogP contribution in [0.5, 0.6) is 5.75 Å². The monoisotopic (exact) mass is 792 g/mol. The van der Waals surface area contributed by atoms with Crippen molar-refractivity contribution in [3.05, 3.63) is 143 Å². The molecule has 12 nitrogen and oxygen atoms in total. The van der Waals surface area contributed by atoms with Crippen molar-refractivity contribution in [1.29, 1.82) is 0 Å². The van der Waals surface area contributed by atoms with Crippen LogP contribution in [0.25, 0.3) is 0 Å². The van der Waals surface area contributed by atoms with Crippen molar-refractivity contribution >= 4 is 29.4 Å². The fourth-order valence-corrected chi connectivity index (χ4v) is 5.69. The maximum Gasteiger partial charge on any atom is 0.329 e. The number of rotatable bonds is 22. The van der Waals surface area contributed by atoms with Crippen LogP contribution in [0.3, 0.4) is 0 Å². The van der Waals surface area contributed by atoms with E-state index in [1.807, 2.05) is 60.7 Å². The van der Waals surface area contributed by atoms with E-state index >= 15 is 4.39 Å². The van der Waals surface area contributed by atoms with Crippen LogP contribution in [0.2, 0.25) is 5.15 Å². The highest BCUT2D eigenvalue weighted by Gasteiger charge is 2.31. The summed E-state index contributed by atoms with van der Waals surface area (Å²) in [4.78, 5) is 46.4. The fourth-order valence-electron chi connectivity index (χ4n) is 5.52.